The van der Waals surface area contributed by atoms with E-state index in [0.29, 0.717) is 17.0 Å². The van der Waals surface area contributed by atoms with Gasteiger partial charge in [-0.2, -0.15) is 0 Å². The first-order chi connectivity index (χ1) is 14.2. The molecule has 1 saturated carbocycles. The van der Waals surface area contributed by atoms with Crippen LogP contribution >= 0.6 is 27.7 Å². The van der Waals surface area contributed by atoms with Gasteiger partial charge in [-0.3, -0.25) is 9.36 Å². The lowest BCUT2D eigenvalue weighted by Crippen LogP contribution is -2.37. The molecule has 0 aliphatic heterocycles. The van der Waals surface area contributed by atoms with Gasteiger partial charge in [0.05, 0.1) is 5.75 Å². The first-order valence-electron chi connectivity index (χ1n) is 9.90. The van der Waals surface area contributed by atoms with Crippen LogP contribution in [0, 0.1) is 0 Å². The lowest BCUT2D eigenvalue weighted by atomic mass is 9.95. The summed E-state index contributed by atoms with van der Waals surface area (Å²) in [5.74, 6) is 1.14. The Morgan fingerprint density at radius 3 is 2.52 bits per heavy atom. The van der Waals surface area contributed by atoms with Gasteiger partial charge in [-0.15, -0.1) is 10.2 Å². The average Bonchev–Trinajstić information content (AvgIpc) is 3.18. The molecule has 0 atom stereocenters. The normalized spacial score (nSPS) is 14.7. The van der Waals surface area contributed by atoms with Crippen molar-refractivity contribution in [2.24, 2.45) is 0 Å². The van der Waals surface area contributed by atoms with Crippen molar-refractivity contribution in [2.45, 2.75) is 43.3 Å². The Morgan fingerprint density at radius 2 is 1.76 bits per heavy atom. The minimum atomic E-state index is 0.0620. The third-order valence-corrected chi connectivity index (χ3v) is 6.69. The Balaban J connectivity index is 1.57. The van der Waals surface area contributed by atoms with Crippen LogP contribution in [0.4, 0.5) is 0 Å². The molecule has 1 aliphatic rings. The molecule has 0 spiro atoms. The maximum Gasteiger partial charge on any atom is 0.230 e. The molecule has 7 heteroatoms. The molecule has 1 heterocycles. The molecule has 0 saturated heterocycles. The zero-order valence-electron chi connectivity index (χ0n) is 16.1. The van der Waals surface area contributed by atoms with Crippen LogP contribution in [0.3, 0.4) is 0 Å². The van der Waals surface area contributed by atoms with Gasteiger partial charge in [-0.1, -0.05) is 83.4 Å². The van der Waals surface area contributed by atoms with Crippen molar-refractivity contribution in [1.82, 2.24) is 20.1 Å². The van der Waals surface area contributed by atoms with E-state index in [0.717, 1.165) is 34.4 Å². The molecule has 1 N–H and O–H groups in total. The Morgan fingerprint density at radius 1 is 1.03 bits per heavy atom. The summed E-state index contributed by atoms with van der Waals surface area (Å²) in [5.41, 5.74) is 1.93. The Kier molecular flexibility index (Phi) is 6.67. The molecule has 1 aromatic heterocycles. The number of hydrogen-bond acceptors (Lipinski definition) is 4. The van der Waals surface area contributed by atoms with Crippen LogP contribution in [-0.2, 0) is 4.79 Å². The Bertz CT molecular complexity index is 970. The highest BCUT2D eigenvalue weighted by molar-refractivity contribution is 9.10. The number of carbonyl (C=O) groups excluding carboxylic acids is 1. The molecule has 2 aromatic carbocycles. The molecule has 5 nitrogen and oxygen atoms in total. The van der Waals surface area contributed by atoms with Crippen LogP contribution in [0.15, 0.2) is 64.2 Å². The molecule has 1 amide bonds. The minimum Gasteiger partial charge on any atom is -0.353 e. The van der Waals surface area contributed by atoms with Crippen molar-refractivity contribution in [3.05, 3.63) is 59.1 Å². The Labute approximate surface area is 183 Å². The summed E-state index contributed by atoms with van der Waals surface area (Å²) in [6.45, 7) is 0. The molecule has 0 radical (unpaired) electrons. The number of nitrogens with one attached hydrogen (secondary N) is 1. The number of thioether (sulfide) groups is 1. The maximum atomic E-state index is 12.5. The second-order valence-electron chi connectivity index (χ2n) is 7.15. The monoisotopic (exact) mass is 470 g/mol. The highest BCUT2D eigenvalue weighted by atomic mass is 79.9. The first-order valence-corrected chi connectivity index (χ1v) is 11.7. The minimum absolute atomic E-state index is 0.0620. The Hall–Kier alpha value is -2.12. The van der Waals surface area contributed by atoms with E-state index in [-0.39, 0.29) is 5.91 Å². The summed E-state index contributed by atoms with van der Waals surface area (Å²) in [6, 6.07) is 18.3. The number of benzene rings is 2. The predicted molar refractivity (Wildman–Crippen MR) is 120 cm³/mol. The van der Waals surface area contributed by atoms with Crippen LogP contribution in [0.2, 0.25) is 0 Å². The third kappa shape index (κ3) is 4.90. The first kappa shape index (κ1) is 20.2. The number of aromatic nitrogens is 3. The quantitative estimate of drug-likeness (QED) is 0.500. The van der Waals surface area contributed by atoms with E-state index >= 15 is 0 Å². The lowest BCUT2D eigenvalue weighted by Gasteiger charge is -2.22. The van der Waals surface area contributed by atoms with Gasteiger partial charge in [0.2, 0.25) is 5.91 Å². The third-order valence-electron chi connectivity index (χ3n) is 5.07. The number of carbonyl (C=O) groups is 1. The zero-order chi connectivity index (χ0) is 20.1. The van der Waals surface area contributed by atoms with E-state index in [4.69, 9.17) is 0 Å². The molecular weight excluding hydrogens is 448 g/mol. The smallest absolute Gasteiger partial charge is 0.230 e. The van der Waals surface area contributed by atoms with Crippen molar-refractivity contribution >= 4 is 33.6 Å². The second-order valence-corrected chi connectivity index (χ2v) is 8.94. The summed E-state index contributed by atoms with van der Waals surface area (Å²) in [7, 11) is 0. The van der Waals surface area contributed by atoms with Gasteiger partial charge >= 0.3 is 0 Å². The summed E-state index contributed by atoms with van der Waals surface area (Å²) in [5, 5.41) is 12.7. The van der Waals surface area contributed by atoms with Gasteiger partial charge < -0.3 is 5.32 Å². The van der Waals surface area contributed by atoms with E-state index in [2.05, 4.69) is 31.4 Å². The van der Waals surface area contributed by atoms with Gasteiger partial charge in [0.15, 0.2) is 11.0 Å². The lowest BCUT2D eigenvalue weighted by molar-refractivity contribution is -0.119. The zero-order valence-corrected chi connectivity index (χ0v) is 18.5. The molecule has 29 heavy (non-hydrogen) atoms. The highest BCUT2D eigenvalue weighted by Crippen LogP contribution is 2.32. The van der Waals surface area contributed by atoms with Crippen LogP contribution in [0.1, 0.15) is 32.1 Å². The summed E-state index contributed by atoms with van der Waals surface area (Å²) in [4.78, 5) is 12.5. The van der Waals surface area contributed by atoms with E-state index in [1.807, 2.05) is 59.2 Å². The van der Waals surface area contributed by atoms with E-state index in [9.17, 15) is 4.79 Å². The van der Waals surface area contributed by atoms with E-state index in [1.165, 1.54) is 31.0 Å². The molecule has 1 fully saturated rings. The number of nitrogens with zero attached hydrogens (tertiary/aromatic N) is 3. The average molecular weight is 471 g/mol. The predicted octanol–water partition coefficient (Wildman–Crippen LogP) is 5.24. The highest BCUT2D eigenvalue weighted by Gasteiger charge is 2.20. The van der Waals surface area contributed by atoms with Crippen molar-refractivity contribution in [1.29, 1.82) is 0 Å². The van der Waals surface area contributed by atoms with Crippen molar-refractivity contribution in [3.63, 3.8) is 0 Å². The van der Waals surface area contributed by atoms with Gasteiger partial charge in [0.25, 0.3) is 0 Å². The number of halogens is 1. The largest absolute Gasteiger partial charge is 0.353 e. The number of amides is 1. The number of para-hydroxylation sites is 1. The van der Waals surface area contributed by atoms with Crippen LogP contribution in [0.5, 0.6) is 0 Å². The van der Waals surface area contributed by atoms with Gasteiger partial charge in [-0.05, 0) is 31.0 Å². The topological polar surface area (TPSA) is 59.8 Å². The number of rotatable bonds is 6. The van der Waals surface area contributed by atoms with Crippen molar-refractivity contribution in [2.75, 3.05) is 5.75 Å². The van der Waals surface area contributed by atoms with E-state index < -0.39 is 0 Å². The molecule has 4 rings (SSSR count). The molecule has 1 aliphatic carbocycles. The van der Waals surface area contributed by atoms with Gasteiger partial charge in [0, 0.05) is 21.8 Å². The fraction of sp³-hybridized carbons (Fsp3) is 0.318. The van der Waals surface area contributed by atoms with Crippen LogP contribution in [0.25, 0.3) is 17.1 Å². The van der Waals surface area contributed by atoms with Crippen molar-refractivity contribution < 1.29 is 4.79 Å². The molecule has 0 unspecified atom stereocenters. The fourth-order valence-corrected chi connectivity index (χ4v) is 4.86. The standard InChI is InChI=1S/C22H23BrN4OS/c23-19-14-8-7-13-18(19)21-25-26-22(27(21)17-11-5-2-6-12-17)29-15-20(28)24-16-9-3-1-4-10-16/h2,5-8,11-14,16H,1,3-4,9-10,15H2,(H,24,28). The van der Waals surface area contributed by atoms with E-state index in [1.54, 1.807) is 0 Å². The van der Waals surface area contributed by atoms with Crippen LogP contribution in [-0.4, -0.2) is 32.5 Å². The van der Waals surface area contributed by atoms with Crippen molar-refractivity contribution in [3.8, 4) is 17.1 Å². The summed E-state index contributed by atoms with van der Waals surface area (Å²) < 4.78 is 2.97. The van der Waals surface area contributed by atoms with Gasteiger partial charge in [0.1, 0.15) is 0 Å². The summed E-state index contributed by atoms with van der Waals surface area (Å²) in [6.07, 6.45) is 5.86. The molecule has 150 valence electrons. The maximum absolute atomic E-state index is 12.5. The summed E-state index contributed by atoms with van der Waals surface area (Å²) >= 11 is 5.04. The molecule has 3 aromatic rings. The molecule has 0 bridgehead atoms. The van der Waals surface area contributed by atoms with Gasteiger partial charge in [-0.25, -0.2) is 0 Å². The fourth-order valence-electron chi connectivity index (χ4n) is 3.64. The SMILES string of the molecule is O=C(CSc1nnc(-c2ccccc2Br)n1-c1ccccc1)NC1CCCCC1. The second kappa shape index (κ2) is 9.59. The molecular formula is C22H23BrN4OS. The van der Waals surface area contributed by atoms with Crippen LogP contribution < -0.4 is 5.32 Å². The number of hydrogen-bond donors (Lipinski definition) is 1.